The summed E-state index contributed by atoms with van der Waals surface area (Å²) in [6.07, 6.45) is 3.73. The van der Waals surface area contributed by atoms with E-state index in [4.69, 9.17) is 23.7 Å². The molecule has 0 amide bonds. The highest BCUT2D eigenvalue weighted by Gasteiger charge is 2.17. The standard InChI is InChI=1S/C22H22O7/c1-3-10-26-18-7-4-15(11-20(18)25-2)5-9-22(24)27-13-17(23)16-6-8-19-21(12-16)29-14-28-19/h4-9,11-12H,3,10,13-14H2,1-2H3/b9-5+. The number of methoxy groups -OCH3 is 1. The second kappa shape index (κ2) is 9.64. The van der Waals surface area contributed by atoms with Gasteiger partial charge in [-0.3, -0.25) is 4.79 Å². The Morgan fingerprint density at radius 2 is 1.90 bits per heavy atom. The van der Waals surface area contributed by atoms with Gasteiger partial charge in [-0.05, 0) is 48.4 Å². The predicted molar refractivity (Wildman–Crippen MR) is 106 cm³/mol. The number of ether oxygens (including phenoxy) is 5. The number of fused-ring (bicyclic) bond motifs is 1. The average Bonchev–Trinajstić information content (AvgIpc) is 3.22. The Kier molecular flexibility index (Phi) is 6.73. The van der Waals surface area contributed by atoms with Crippen LogP contribution in [0.1, 0.15) is 29.3 Å². The third kappa shape index (κ3) is 5.28. The van der Waals surface area contributed by atoms with Gasteiger partial charge in [0.25, 0.3) is 0 Å². The van der Waals surface area contributed by atoms with Gasteiger partial charge in [0.2, 0.25) is 6.79 Å². The molecule has 2 aromatic rings. The minimum Gasteiger partial charge on any atom is -0.493 e. The largest absolute Gasteiger partial charge is 0.493 e. The quantitative estimate of drug-likeness (QED) is 0.362. The Morgan fingerprint density at radius 3 is 2.69 bits per heavy atom. The van der Waals surface area contributed by atoms with E-state index in [1.807, 2.05) is 6.92 Å². The van der Waals surface area contributed by atoms with Crippen LogP contribution in [-0.4, -0.2) is 38.9 Å². The number of ketones is 1. The van der Waals surface area contributed by atoms with Crippen LogP contribution < -0.4 is 18.9 Å². The molecule has 0 atom stereocenters. The van der Waals surface area contributed by atoms with Crippen LogP contribution in [0.3, 0.4) is 0 Å². The molecule has 0 saturated heterocycles. The van der Waals surface area contributed by atoms with E-state index in [1.54, 1.807) is 49.6 Å². The van der Waals surface area contributed by atoms with Gasteiger partial charge in [-0.2, -0.15) is 0 Å². The summed E-state index contributed by atoms with van der Waals surface area (Å²) >= 11 is 0. The number of rotatable bonds is 9. The molecular formula is C22H22O7. The SMILES string of the molecule is CCCOc1ccc(/C=C/C(=O)OCC(=O)c2ccc3c(c2)OCO3)cc1OC. The first-order chi connectivity index (χ1) is 14.1. The molecule has 0 spiro atoms. The highest BCUT2D eigenvalue weighted by molar-refractivity contribution is 5.99. The van der Waals surface area contributed by atoms with Crippen LogP contribution in [0.4, 0.5) is 0 Å². The van der Waals surface area contributed by atoms with Crippen molar-refractivity contribution in [3.05, 3.63) is 53.6 Å². The number of hydrogen-bond donors (Lipinski definition) is 0. The first kappa shape index (κ1) is 20.3. The fourth-order valence-corrected chi connectivity index (χ4v) is 2.62. The normalized spacial score (nSPS) is 12.1. The highest BCUT2D eigenvalue weighted by Crippen LogP contribution is 2.32. The van der Waals surface area contributed by atoms with Gasteiger partial charge in [0.1, 0.15) is 0 Å². The zero-order valence-electron chi connectivity index (χ0n) is 16.3. The van der Waals surface area contributed by atoms with E-state index >= 15 is 0 Å². The van der Waals surface area contributed by atoms with Crippen molar-refractivity contribution in [2.45, 2.75) is 13.3 Å². The predicted octanol–water partition coefficient (Wildman–Crippen LogP) is 3.65. The van der Waals surface area contributed by atoms with E-state index in [2.05, 4.69) is 0 Å². The molecule has 0 radical (unpaired) electrons. The Morgan fingerprint density at radius 1 is 1.07 bits per heavy atom. The van der Waals surface area contributed by atoms with E-state index in [9.17, 15) is 9.59 Å². The number of esters is 1. The zero-order chi connectivity index (χ0) is 20.6. The molecule has 1 aliphatic rings. The second-order valence-electron chi connectivity index (χ2n) is 6.19. The van der Waals surface area contributed by atoms with Crippen molar-refractivity contribution >= 4 is 17.8 Å². The van der Waals surface area contributed by atoms with Gasteiger partial charge in [-0.15, -0.1) is 0 Å². The van der Waals surface area contributed by atoms with Crippen LogP contribution in [0.15, 0.2) is 42.5 Å². The maximum absolute atomic E-state index is 12.2. The molecule has 0 unspecified atom stereocenters. The van der Waals surface area contributed by atoms with Crippen molar-refractivity contribution in [3.8, 4) is 23.0 Å². The number of carbonyl (C=O) groups is 2. The summed E-state index contributed by atoms with van der Waals surface area (Å²) in [5.41, 5.74) is 1.13. The molecule has 1 heterocycles. The second-order valence-corrected chi connectivity index (χ2v) is 6.19. The molecule has 152 valence electrons. The van der Waals surface area contributed by atoms with Crippen LogP contribution in [0.5, 0.6) is 23.0 Å². The van der Waals surface area contributed by atoms with Crippen molar-refractivity contribution in [1.29, 1.82) is 0 Å². The van der Waals surface area contributed by atoms with Crippen molar-refractivity contribution in [2.24, 2.45) is 0 Å². The lowest BCUT2D eigenvalue weighted by Gasteiger charge is -2.10. The smallest absolute Gasteiger partial charge is 0.331 e. The number of carbonyl (C=O) groups excluding carboxylic acids is 2. The summed E-state index contributed by atoms with van der Waals surface area (Å²) in [6.45, 7) is 2.38. The van der Waals surface area contributed by atoms with E-state index in [-0.39, 0.29) is 19.2 Å². The molecule has 1 aliphatic heterocycles. The van der Waals surface area contributed by atoms with E-state index in [0.717, 1.165) is 12.0 Å². The van der Waals surface area contributed by atoms with Gasteiger partial charge in [0.05, 0.1) is 13.7 Å². The van der Waals surface area contributed by atoms with Crippen LogP contribution in [0.2, 0.25) is 0 Å². The molecule has 3 rings (SSSR count). The number of hydrogen-bond acceptors (Lipinski definition) is 7. The molecule has 0 fully saturated rings. The average molecular weight is 398 g/mol. The fourth-order valence-electron chi connectivity index (χ4n) is 2.62. The minimum absolute atomic E-state index is 0.128. The fraction of sp³-hybridized carbons (Fsp3) is 0.273. The van der Waals surface area contributed by atoms with Crippen LogP contribution in [-0.2, 0) is 9.53 Å². The molecule has 7 heteroatoms. The van der Waals surface area contributed by atoms with Crippen molar-refractivity contribution in [3.63, 3.8) is 0 Å². The molecule has 7 nitrogen and oxygen atoms in total. The van der Waals surface area contributed by atoms with Gasteiger partial charge in [-0.1, -0.05) is 13.0 Å². The minimum atomic E-state index is -0.621. The van der Waals surface area contributed by atoms with Gasteiger partial charge < -0.3 is 23.7 Å². The van der Waals surface area contributed by atoms with E-state index in [1.165, 1.54) is 6.08 Å². The van der Waals surface area contributed by atoms with Gasteiger partial charge in [-0.25, -0.2) is 4.79 Å². The van der Waals surface area contributed by atoms with Gasteiger partial charge in [0.15, 0.2) is 35.4 Å². The first-order valence-electron chi connectivity index (χ1n) is 9.19. The molecule has 0 aliphatic carbocycles. The summed E-state index contributed by atoms with van der Waals surface area (Å²) in [5.74, 6) is 1.36. The Hall–Kier alpha value is -3.48. The molecule has 29 heavy (non-hydrogen) atoms. The Balaban J connectivity index is 1.55. The molecule has 0 bridgehead atoms. The van der Waals surface area contributed by atoms with Crippen LogP contribution in [0, 0.1) is 0 Å². The highest BCUT2D eigenvalue weighted by atomic mass is 16.7. The van der Waals surface area contributed by atoms with Crippen molar-refractivity contribution in [2.75, 3.05) is 27.1 Å². The Bertz CT molecular complexity index is 917. The molecule has 0 N–H and O–H groups in total. The Labute approximate surface area is 168 Å². The monoisotopic (exact) mass is 398 g/mol. The van der Waals surface area contributed by atoms with Gasteiger partial charge >= 0.3 is 5.97 Å². The lowest BCUT2D eigenvalue weighted by molar-refractivity contribution is -0.136. The van der Waals surface area contributed by atoms with Gasteiger partial charge in [0, 0.05) is 11.6 Å². The molecule has 2 aromatic carbocycles. The lowest BCUT2D eigenvalue weighted by Crippen LogP contribution is -2.12. The summed E-state index contributed by atoms with van der Waals surface area (Å²) in [5, 5.41) is 0. The topological polar surface area (TPSA) is 80.3 Å². The summed E-state index contributed by atoms with van der Waals surface area (Å²) in [7, 11) is 1.55. The maximum Gasteiger partial charge on any atom is 0.331 e. The van der Waals surface area contributed by atoms with E-state index < -0.39 is 5.97 Å². The molecular weight excluding hydrogens is 376 g/mol. The molecule has 0 aromatic heterocycles. The summed E-state index contributed by atoms with van der Waals surface area (Å²) in [4.78, 5) is 24.1. The lowest BCUT2D eigenvalue weighted by atomic mass is 10.1. The van der Waals surface area contributed by atoms with Crippen molar-refractivity contribution < 1.29 is 33.3 Å². The number of Topliss-reactive ketones (excluding diaryl/α,β-unsaturated/α-hetero) is 1. The third-order valence-electron chi connectivity index (χ3n) is 4.10. The first-order valence-corrected chi connectivity index (χ1v) is 9.19. The van der Waals surface area contributed by atoms with Crippen LogP contribution in [0.25, 0.3) is 6.08 Å². The summed E-state index contributed by atoms with van der Waals surface area (Å²) < 4.78 is 26.4. The molecule has 0 saturated carbocycles. The van der Waals surface area contributed by atoms with Crippen molar-refractivity contribution in [1.82, 2.24) is 0 Å². The van der Waals surface area contributed by atoms with E-state index in [0.29, 0.717) is 35.2 Å². The maximum atomic E-state index is 12.2. The third-order valence-corrected chi connectivity index (χ3v) is 4.10. The zero-order valence-corrected chi connectivity index (χ0v) is 16.3. The van der Waals surface area contributed by atoms with Crippen LogP contribution >= 0.6 is 0 Å². The summed E-state index contributed by atoms with van der Waals surface area (Å²) in [6, 6.07) is 10.2. The number of benzene rings is 2.